The van der Waals surface area contributed by atoms with E-state index in [-0.39, 0.29) is 5.92 Å². The summed E-state index contributed by atoms with van der Waals surface area (Å²) >= 11 is 0. The van der Waals surface area contributed by atoms with Gasteiger partial charge in [0.05, 0.1) is 12.5 Å². The summed E-state index contributed by atoms with van der Waals surface area (Å²) in [6.45, 7) is 1.06. The molecule has 2 rings (SSSR count). The molecule has 0 radical (unpaired) electrons. The zero-order valence-electron chi connectivity index (χ0n) is 15.2. The molecule has 2 N–H and O–H groups in total. The molecular formula is C21H32O4. The van der Waals surface area contributed by atoms with Crippen LogP contribution < -0.4 is 4.74 Å². The second-order valence-electron chi connectivity index (χ2n) is 7.15. The molecule has 0 atom stereocenters. The van der Waals surface area contributed by atoms with Crippen LogP contribution in [0.3, 0.4) is 0 Å². The van der Waals surface area contributed by atoms with Gasteiger partial charge in [-0.3, -0.25) is 4.79 Å². The molecule has 0 bridgehead atoms. The van der Waals surface area contributed by atoms with Crippen LogP contribution in [-0.4, -0.2) is 29.4 Å². The van der Waals surface area contributed by atoms with Gasteiger partial charge in [0.1, 0.15) is 5.75 Å². The molecule has 0 unspecified atom stereocenters. The van der Waals surface area contributed by atoms with Crippen molar-refractivity contribution in [2.24, 2.45) is 5.92 Å². The molecule has 0 saturated heterocycles. The van der Waals surface area contributed by atoms with Crippen molar-refractivity contribution in [2.45, 2.75) is 70.1 Å². The molecule has 140 valence electrons. The molecule has 1 aliphatic rings. The summed E-state index contributed by atoms with van der Waals surface area (Å²) in [4.78, 5) is 11.0. The van der Waals surface area contributed by atoms with Gasteiger partial charge in [-0.05, 0) is 62.1 Å². The zero-order valence-corrected chi connectivity index (χ0v) is 15.2. The minimum absolute atomic E-state index is 0.150. The van der Waals surface area contributed by atoms with Gasteiger partial charge in [0.2, 0.25) is 0 Å². The van der Waals surface area contributed by atoms with Crippen molar-refractivity contribution >= 4 is 5.97 Å². The number of aliphatic carboxylic acids is 1. The minimum Gasteiger partial charge on any atom is -0.494 e. The number of unbranched alkanes of at least 4 members (excludes halogenated alkanes) is 5. The van der Waals surface area contributed by atoms with E-state index in [9.17, 15) is 4.79 Å². The highest BCUT2D eigenvalue weighted by atomic mass is 16.5. The van der Waals surface area contributed by atoms with E-state index in [2.05, 4.69) is 12.1 Å². The first-order valence-corrected chi connectivity index (χ1v) is 9.77. The van der Waals surface area contributed by atoms with E-state index in [1.807, 2.05) is 12.1 Å². The van der Waals surface area contributed by atoms with Crippen molar-refractivity contribution in [3.8, 4) is 5.75 Å². The van der Waals surface area contributed by atoms with Gasteiger partial charge in [-0.1, -0.05) is 37.8 Å². The number of hydrogen-bond acceptors (Lipinski definition) is 3. The molecule has 4 heteroatoms. The summed E-state index contributed by atoms with van der Waals surface area (Å²) in [5, 5.41) is 17.8. The van der Waals surface area contributed by atoms with Gasteiger partial charge < -0.3 is 14.9 Å². The SMILES string of the molecule is O=C(O)C1CCC(c2ccc(OCCCCCCCCO)cc2)CC1. The summed E-state index contributed by atoms with van der Waals surface area (Å²) in [5.74, 6) is 0.616. The summed E-state index contributed by atoms with van der Waals surface area (Å²) in [5.41, 5.74) is 1.31. The van der Waals surface area contributed by atoms with E-state index in [0.717, 1.165) is 57.3 Å². The average Bonchev–Trinajstić information content (AvgIpc) is 2.64. The molecule has 1 aliphatic carbocycles. The fourth-order valence-electron chi connectivity index (χ4n) is 3.62. The first-order valence-electron chi connectivity index (χ1n) is 9.77. The lowest BCUT2D eigenvalue weighted by atomic mass is 9.79. The van der Waals surface area contributed by atoms with E-state index in [4.69, 9.17) is 14.9 Å². The zero-order chi connectivity index (χ0) is 17.9. The van der Waals surface area contributed by atoms with Crippen LogP contribution >= 0.6 is 0 Å². The number of rotatable bonds is 11. The molecule has 0 amide bonds. The number of aliphatic hydroxyl groups is 1. The van der Waals surface area contributed by atoms with E-state index in [1.54, 1.807) is 0 Å². The molecule has 0 aliphatic heterocycles. The summed E-state index contributed by atoms with van der Waals surface area (Å²) in [6.07, 6.45) is 10.2. The van der Waals surface area contributed by atoms with Gasteiger partial charge in [-0.25, -0.2) is 0 Å². The van der Waals surface area contributed by atoms with Gasteiger partial charge in [-0.15, -0.1) is 0 Å². The highest BCUT2D eigenvalue weighted by molar-refractivity contribution is 5.70. The van der Waals surface area contributed by atoms with Crippen LogP contribution in [0.2, 0.25) is 0 Å². The Bertz CT molecular complexity index is 489. The molecule has 4 nitrogen and oxygen atoms in total. The lowest BCUT2D eigenvalue weighted by Crippen LogP contribution is -2.20. The topological polar surface area (TPSA) is 66.8 Å². The van der Waals surface area contributed by atoms with Crippen molar-refractivity contribution < 1.29 is 19.7 Å². The number of carboxylic acid groups (broad SMARTS) is 1. The van der Waals surface area contributed by atoms with Crippen LogP contribution in [0.5, 0.6) is 5.75 Å². The van der Waals surface area contributed by atoms with E-state index in [1.165, 1.54) is 24.8 Å². The fourth-order valence-corrected chi connectivity index (χ4v) is 3.62. The second kappa shape index (κ2) is 11.1. The molecule has 1 fully saturated rings. The Morgan fingerprint density at radius 2 is 1.52 bits per heavy atom. The van der Waals surface area contributed by atoms with Crippen molar-refractivity contribution in [3.63, 3.8) is 0 Å². The van der Waals surface area contributed by atoms with Gasteiger partial charge >= 0.3 is 5.97 Å². The number of carbonyl (C=O) groups is 1. The monoisotopic (exact) mass is 348 g/mol. The Balaban J connectivity index is 1.62. The number of carboxylic acids is 1. The third-order valence-electron chi connectivity index (χ3n) is 5.25. The number of hydrogen-bond donors (Lipinski definition) is 2. The maximum atomic E-state index is 11.0. The second-order valence-corrected chi connectivity index (χ2v) is 7.15. The fraction of sp³-hybridized carbons (Fsp3) is 0.667. The molecule has 1 aromatic rings. The number of ether oxygens (including phenoxy) is 1. The van der Waals surface area contributed by atoms with Crippen LogP contribution in [-0.2, 0) is 4.79 Å². The van der Waals surface area contributed by atoms with Crippen molar-refractivity contribution in [1.82, 2.24) is 0 Å². The van der Waals surface area contributed by atoms with Crippen LogP contribution in [0.15, 0.2) is 24.3 Å². The summed E-state index contributed by atoms with van der Waals surface area (Å²) in [7, 11) is 0. The van der Waals surface area contributed by atoms with Crippen molar-refractivity contribution in [3.05, 3.63) is 29.8 Å². The Labute approximate surface area is 151 Å². The van der Waals surface area contributed by atoms with Gasteiger partial charge in [0, 0.05) is 6.61 Å². The maximum absolute atomic E-state index is 11.0. The molecule has 0 spiro atoms. The molecule has 0 aromatic heterocycles. The molecule has 25 heavy (non-hydrogen) atoms. The Morgan fingerprint density at radius 1 is 0.920 bits per heavy atom. The number of benzene rings is 1. The molecule has 1 aromatic carbocycles. The standard InChI is InChI=1S/C21H32O4/c22-15-5-3-1-2-4-6-16-25-20-13-11-18(12-14-20)17-7-9-19(10-8-17)21(23)24/h11-14,17,19,22H,1-10,15-16H2,(H,23,24). The summed E-state index contributed by atoms with van der Waals surface area (Å²) in [6, 6.07) is 8.35. The van der Waals surface area contributed by atoms with E-state index < -0.39 is 5.97 Å². The first-order chi connectivity index (χ1) is 12.2. The summed E-state index contributed by atoms with van der Waals surface area (Å²) < 4.78 is 5.81. The highest BCUT2D eigenvalue weighted by Crippen LogP contribution is 2.36. The van der Waals surface area contributed by atoms with Gasteiger partial charge in [0.15, 0.2) is 0 Å². The Hall–Kier alpha value is -1.55. The lowest BCUT2D eigenvalue weighted by Gasteiger charge is -2.26. The molecule has 1 saturated carbocycles. The van der Waals surface area contributed by atoms with Crippen LogP contribution in [0, 0.1) is 5.92 Å². The van der Waals surface area contributed by atoms with E-state index >= 15 is 0 Å². The Morgan fingerprint density at radius 3 is 2.12 bits per heavy atom. The smallest absolute Gasteiger partial charge is 0.306 e. The average molecular weight is 348 g/mol. The lowest BCUT2D eigenvalue weighted by molar-refractivity contribution is -0.142. The highest BCUT2D eigenvalue weighted by Gasteiger charge is 2.26. The van der Waals surface area contributed by atoms with Crippen LogP contribution in [0.25, 0.3) is 0 Å². The predicted octanol–water partition coefficient (Wildman–Crippen LogP) is 4.76. The van der Waals surface area contributed by atoms with E-state index in [0.29, 0.717) is 12.5 Å². The normalized spacial score (nSPS) is 20.4. The van der Waals surface area contributed by atoms with Crippen molar-refractivity contribution in [2.75, 3.05) is 13.2 Å². The van der Waals surface area contributed by atoms with Crippen LogP contribution in [0.1, 0.15) is 75.7 Å². The predicted molar refractivity (Wildman–Crippen MR) is 99.1 cm³/mol. The Kier molecular flexibility index (Phi) is 8.81. The van der Waals surface area contributed by atoms with Crippen LogP contribution in [0.4, 0.5) is 0 Å². The number of aliphatic hydroxyl groups excluding tert-OH is 1. The first kappa shape index (κ1) is 19.8. The quantitative estimate of drug-likeness (QED) is 0.566. The maximum Gasteiger partial charge on any atom is 0.306 e. The molecular weight excluding hydrogens is 316 g/mol. The largest absolute Gasteiger partial charge is 0.494 e. The third-order valence-corrected chi connectivity index (χ3v) is 5.25. The minimum atomic E-state index is -0.643. The molecule has 0 heterocycles. The van der Waals surface area contributed by atoms with Gasteiger partial charge in [0.25, 0.3) is 0 Å². The third kappa shape index (κ3) is 7.07. The van der Waals surface area contributed by atoms with Gasteiger partial charge in [-0.2, -0.15) is 0 Å². The van der Waals surface area contributed by atoms with Crippen molar-refractivity contribution in [1.29, 1.82) is 0 Å².